The minimum Gasteiger partial charge on any atom is -0.411 e. The lowest BCUT2D eigenvalue weighted by Gasteiger charge is -2.11. The lowest BCUT2D eigenvalue weighted by Crippen LogP contribution is -2.06. The monoisotopic (exact) mass is 161 g/mol. The Morgan fingerprint density at radius 2 is 2.40 bits per heavy atom. The SMILES string of the molecule is CC1CC=CC(=NO)C1.Cl. The van der Waals surface area contributed by atoms with Crippen molar-refractivity contribution in [1.82, 2.24) is 0 Å². The number of oxime groups is 1. The molecule has 0 radical (unpaired) electrons. The maximum absolute atomic E-state index is 8.35. The molecule has 1 aliphatic carbocycles. The second-order valence-corrected chi connectivity index (χ2v) is 2.54. The van der Waals surface area contributed by atoms with Crippen molar-refractivity contribution < 1.29 is 5.21 Å². The summed E-state index contributed by atoms with van der Waals surface area (Å²) in [6.45, 7) is 2.15. The molecule has 1 rings (SSSR count). The van der Waals surface area contributed by atoms with Gasteiger partial charge in [0.05, 0.1) is 5.71 Å². The first-order chi connectivity index (χ1) is 4.33. The van der Waals surface area contributed by atoms with Gasteiger partial charge in [-0.3, -0.25) is 0 Å². The summed E-state index contributed by atoms with van der Waals surface area (Å²) in [6, 6.07) is 0. The van der Waals surface area contributed by atoms with Crippen molar-refractivity contribution in [3.05, 3.63) is 12.2 Å². The van der Waals surface area contributed by atoms with Crippen LogP contribution in [0.3, 0.4) is 0 Å². The first kappa shape index (κ1) is 9.50. The summed E-state index contributed by atoms with van der Waals surface area (Å²) in [4.78, 5) is 0. The van der Waals surface area contributed by atoms with E-state index < -0.39 is 0 Å². The fourth-order valence-electron chi connectivity index (χ4n) is 1.02. The lowest BCUT2D eigenvalue weighted by atomic mass is 9.95. The van der Waals surface area contributed by atoms with E-state index in [9.17, 15) is 0 Å². The van der Waals surface area contributed by atoms with Gasteiger partial charge in [0, 0.05) is 0 Å². The summed E-state index contributed by atoms with van der Waals surface area (Å²) in [7, 11) is 0. The molecule has 1 aliphatic rings. The highest BCUT2D eigenvalue weighted by Crippen LogP contribution is 2.14. The third kappa shape index (κ3) is 2.40. The molecule has 0 saturated carbocycles. The largest absolute Gasteiger partial charge is 0.411 e. The fraction of sp³-hybridized carbons (Fsp3) is 0.571. The molecule has 0 amide bonds. The van der Waals surface area contributed by atoms with E-state index in [1.807, 2.05) is 12.2 Å². The molecule has 0 aromatic rings. The minimum atomic E-state index is 0. The van der Waals surface area contributed by atoms with E-state index in [0.29, 0.717) is 5.92 Å². The Kier molecular flexibility index (Phi) is 4.12. The molecule has 0 spiro atoms. The molecule has 0 fully saturated rings. The van der Waals surface area contributed by atoms with Crippen molar-refractivity contribution in [2.45, 2.75) is 19.8 Å². The predicted molar refractivity (Wildman–Crippen MR) is 44.0 cm³/mol. The Hall–Kier alpha value is -0.500. The van der Waals surface area contributed by atoms with E-state index in [-0.39, 0.29) is 12.4 Å². The van der Waals surface area contributed by atoms with E-state index in [1.54, 1.807) is 0 Å². The van der Waals surface area contributed by atoms with Crippen LogP contribution in [-0.2, 0) is 0 Å². The van der Waals surface area contributed by atoms with Crippen molar-refractivity contribution in [1.29, 1.82) is 0 Å². The first-order valence-corrected chi connectivity index (χ1v) is 3.20. The summed E-state index contributed by atoms with van der Waals surface area (Å²) in [5, 5.41) is 11.5. The van der Waals surface area contributed by atoms with Gasteiger partial charge in [0.25, 0.3) is 0 Å². The van der Waals surface area contributed by atoms with Gasteiger partial charge >= 0.3 is 0 Å². The van der Waals surface area contributed by atoms with E-state index in [4.69, 9.17) is 5.21 Å². The molecular weight excluding hydrogens is 150 g/mol. The van der Waals surface area contributed by atoms with Crippen LogP contribution in [0.25, 0.3) is 0 Å². The highest BCUT2D eigenvalue weighted by Gasteiger charge is 2.07. The van der Waals surface area contributed by atoms with E-state index in [2.05, 4.69) is 12.1 Å². The highest BCUT2D eigenvalue weighted by atomic mass is 35.5. The third-order valence-corrected chi connectivity index (χ3v) is 1.53. The van der Waals surface area contributed by atoms with Crippen LogP contribution in [0.2, 0.25) is 0 Å². The standard InChI is InChI=1S/C7H11NO.ClH/c1-6-3-2-4-7(5-6)8-9;/h2,4,6,9H,3,5H2,1H3;1H. The van der Waals surface area contributed by atoms with Gasteiger partial charge in [-0.2, -0.15) is 0 Å². The van der Waals surface area contributed by atoms with Gasteiger partial charge in [-0.05, 0) is 24.8 Å². The van der Waals surface area contributed by atoms with Crippen LogP contribution in [0.4, 0.5) is 0 Å². The first-order valence-electron chi connectivity index (χ1n) is 3.20. The van der Waals surface area contributed by atoms with Crippen LogP contribution in [-0.4, -0.2) is 10.9 Å². The Morgan fingerprint density at radius 1 is 1.70 bits per heavy atom. The average Bonchev–Trinajstić information content (AvgIpc) is 1.88. The zero-order valence-corrected chi connectivity index (χ0v) is 6.77. The summed E-state index contributed by atoms with van der Waals surface area (Å²) in [6.07, 6.45) is 5.94. The molecule has 10 heavy (non-hydrogen) atoms. The summed E-state index contributed by atoms with van der Waals surface area (Å²) >= 11 is 0. The third-order valence-electron chi connectivity index (χ3n) is 1.53. The zero-order valence-electron chi connectivity index (χ0n) is 5.95. The zero-order chi connectivity index (χ0) is 6.69. The molecule has 1 unspecified atom stereocenters. The van der Waals surface area contributed by atoms with Gasteiger partial charge in [0.1, 0.15) is 0 Å². The number of hydrogen-bond acceptors (Lipinski definition) is 2. The molecule has 0 aliphatic heterocycles. The van der Waals surface area contributed by atoms with Crippen LogP contribution < -0.4 is 0 Å². The minimum absolute atomic E-state index is 0. The van der Waals surface area contributed by atoms with Gasteiger partial charge in [0.15, 0.2) is 0 Å². The summed E-state index contributed by atoms with van der Waals surface area (Å²) in [5.41, 5.74) is 0.800. The van der Waals surface area contributed by atoms with Gasteiger partial charge in [-0.15, -0.1) is 12.4 Å². The van der Waals surface area contributed by atoms with E-state index in [0.717, 1.165) is 18.6 Å². The Bertz CT molecular complexity index is 154. The number of allylic oxidation sites excluding steroid dienone is 2. The molecule has 0 saturated heterocycles. The van der Waals surface area contributed by atoms with Gasteiger partial charge in [0.2, 0.25) is 0 Å². The molecule has 2 nitrogen and oxygen atoms in total. The molecule has 0 aromatic carbocycles. The molecule has 0 heterocycles. The molecule has 0 aromatic heterocycles. The van der Waals surface area contributed by atoms with Crippen LogP contribution >= 0.6 is 12.4 Å². The molecule has 0 bridgehead atoms. The van der Waals surface area contributed by atoms with Crippen molar-refractivity contribution in [2.75, 3.05) is 0 Å². The highest BCUT2D eigenvalue weighted by molar-refractivity contribution is 5.95. The van der Waals surface area contributed by atoms with Crippen LogP contribution in [0.1, 0.15) is 19.8 Å². The average molecular weight is 162 g/mol. The number of rotatable bonds is 0. The molecule has 1 N–H and O–H groups in total. The number of nitrogens with zero attached hydrogens (tertiary/aromatic N) is 1. The number of halogens is 1. The smallest absolute Gasteiger partial charge is 0.0795 e. The Labute approximate surface area is 67.0 Å². The second-order valence-electron chi connectivity index (χ2n) is 2.54. The Morgan fingerprint density at radius 3 is 2.80 bits per heavy atom. The predicted octanol–water partition coefficient (Wildman–Crippen LogP) is 2.22. The van der Waals surface area contributed by atoms with Crippen molar-refractivity contribution in [3.8, 4) is 0 Å². The number of hydrogen-bond donors (Lipinski definition) is 1. The fourth-order valence-corrected chi connectivity index (χ4v) is 1.02. The maximum Gasteiger partial charge on any atom is 0.0795 e. The Balaban J connectivity index is 0.000000810. The van der Waals surface area contributed by atoms with Crippen molar-refractivity contribution in [2.24, 2.45) is 11.1 Å². The quantitative estimate of drug-likeness (QED) is 0.429. The van der Waals surface area contributed by atoms with Crippen LogP contribution in [0.15, 0.2) is 17.3 Å². The van der Waals surface area contributed by atoms with Gasteiger partial charge < -0.3 is 5.21 Å². The van der Waals surface area contributed by atoms with Gasteiger partial charge in [-0.25, -0.2) is 0 Å². The molecule has 58 valence electrons. The lowest BCUT2D eigenvalue weighted by molar-refractivity contribution is 0.316. The molecular formula is C7H12ClNO. The van der Waals surface area contributed by atoms with Crippen molar-refractivity contribution in [3.63, 3.8) is 0 Å². The summed E-state index contributed by atoms with van der Waals surface area (Å²) < 4.78 is 0. The van der Waals surface area contributed by atoms with E-state index >= 15 is 0 Å². The molecule has 3 heteroatoms. The van der Waals surface area contributed by atoms with E-state index in [1.165, 1.54) is 0 Å². The summed E-state index contributed by atoms with van der Waals surface area (Å²) in [5.74, 6) is 0.640. The maximum atomic E-state index is 8.35. The van der Waals surface area contributed by atoms with Crippen LogP contribution in [0, 0.1) is 5.92 Å². The normalized spacial score (nSPS) is 28.1. The van der Waals surface area contributed by atoms with Crippen molar-refractivity contribution >= 4 is 18.1 Å². The van der Waals surface area contributed by atoms with Gasteiger partial charge in [-0.1, -0.05) is 18.2 Å². The second kappa shape index (κ2) is 4.34. The molecule has 1 atom stereocenters. The topological polar surface area (TPSA) is 32.6 Å². The van der Waals surface area contributed by atoms with Crippen LogP contribution in [0.5, 0.6) is 0 Å².